The molecule has 80 valence electrons. The molecule has 1 aromatic carbocycles. The van der Waals surface area contributed by atoms with E-state index in [-0.39, 0.29) is 11.1 Å². The number of carbonyl (C=O) groups excluding carboxylic acids is 2. The molecule has 0 radical (unpaired) electrons. The molecule has 0 bridgehead atoms. The summed E-state index contributed by atoms with van der Waals surface area (Å²) in [6, 6.07) is 4.94. The minimum atomic E-state index is -0.665. The van der Waals surface area contributed by atoms with Crippen molar-refractivity contribution in [3.63, 3.8) is 0 Å². The Kier molecular flexibility index (Phi) is 4.30. The monoisotopic (exact) mass is 244 g/mol. The number of hydrogen-bond acceptors (Lipinski definition) is 2. The van der Waals surface area contributed by atoms with Crippen molar-refractivity contribution in [3.8, 4) is 0 Å². The van der Waals surface area contributed by atoms with Crippen molar-refractivity contribution in [1.29, 1.82) is 0 Å². The van der Waals surface area contributed by atoms with Gasteiger partial charge in [-0.1, -0.05) is 19.4 Å². The van der Waals surface area contributed by atoms with Gasteiger partial charge in [0, 0.05) is 11.1 Å². The number of aryl methyl sites for hydroxylation is 1. The number of benzene rings is 1. The first kappa shape index (κ1) is 12.2. The van der Waals surface area contributed by atoms with Crippen LogP contribution in [0.5, 0.6) is 0 Å². The smallest absolute Gasteiger partial charge is 0.253 e. The minimum absolute atomic E-state index is 0.163. The third kappa shape index (κ3) is 3.05. The zero-order chi connectivity index (χ0) is 11.4. The van der Waals surface area contributed by atoms with Crippen LogP contribution < -0.4 is 0 Å². The molecular formula is C11H10Cl2O2. The first-order valence-corrected chi connectivity index (χ1v) is 5.34. The van der Waals surface area contributed by atoms with E-state index in [0.717, 1.165) is 18.4 Å². The fourth-order valence-electron chi connectivity index (χ4n) is 1.37. The van der Waals surface area contributed by atoms with E-state index in [1.807, 2.05) is 6.92 Å². The summed E-state index contributed by atoms with van der Waals surface area (Å²) in [5.74, 6) is 0. The van der Waals surface area contributed by atoms with Gasteiger partial charge in [-0.2, -0.15) is 0 Å². The molecule has 0 aliphatic heterocycles. The maximum atomic E-state index is 11.1. The third-order valence-electron chi connectivity index (χ3n) is 2.05. The summed E-state index contributed by atoms with van der Waals surface area (Å²) in [5.41, 5.74) is 1.32. The van der Waals surface area contributed by atoms with Gasteiger partial charge in [0.1, 0.15) is 0 Å². The second-order valence-corrected chi connectivity index (χ2v) is 3.86. The highest BCUT2D eigenvalue weighted by Crippen LogP contribution is 2.17. The van der Waals surface area contributed by atoms with Gasteiger partial charge >= 0.3 is 0 Å². The summed E-state index contributed by atoms with van der Waals surface area (Å²) in [4.78, 5) is 22.1. The van der Waals surface area contributed by atoms with Crippen molar-refractivity contribution in [2.75, 3.05) is 0 Å². The number of halogens is 2. The first-order chi connectivity index (χ1) is 7.06. The van der Waals surface area contributed by atoms with Crippen molar-refractivity contribution in [3.05, 3.63) is 34.9 Å². The van der Waals surface area contributed by atoms with Gasteiger partial charge in [-0.3, -0.25) is 9.59 Å². The van der Waals surface area contributed by atoms with Crippen LogP contribution in [0.3, 0.4) is 0 Å². The van der Waals surface area contributed by atoms with Gasteiger partial charge in [0.15, 0.2) is 0 Å². The van der Waals surface area contributed by atoms with E-state index in [1.54, 1.807) is 12.1 Å². The lowest BCUT2D eigenvalue weighted by Gasteiger charge is -2.04. The fourth-order valence-corrected chi connectivity index (χ4v) is 1.69. The number of rotatable bonds is 4. The number of carbonyl (C=O) groups is 2. The molecule has 0 amide bonds. The van der Waals surface area contributed by atoms with Gasteiger partial charge in [-0.05, 0) is 47.3 Å². The van der Waals surface area contributed by atoms with Gasteiger partial charge in [0.05, 0.1) is 0 Å². The summed E-state index contributed by atoms with van der Waals surface area (Å²) < 4.78 is 0. The Labute approximate surface area is 98.2 Å². The van der Waals surface area contributed by atoms with Gasteiger partial charge < -0.3 is 0 Å². The maximum absolute atomic E-state index is 11.1. The summed E-state index contributed by atoms with van der Waals surface area (Å²) >= 11 is 10.7. The van der Waals surface area contributed by atoms with Crippen molar-refractivity contribution in [2.24, 2.45) is 0 Å². The van der Waals surface area contributed by atoms with Gasteiger partial charge in [0.25, 0.3) is 10.5 Å². The Hall–Kier alpha value is -0.860. The summed E-state index contributed by atoms with van der Waals surface area (Å²) in [6.45, 7) is 2.03. The van der Waals surface area contributed by atoms with Crippen LogP contribution >= 0.6 is 23.2 Å². The topological polar surface area (TPSA) is 34.1 Å². The Morgan fingerprint density at radius 1 is 1.13 bits per heavy atom. The highest BCUT2D eigenvalue weighted by Gasteiger charge is 2.14. The van der Waals surface area contributed by atoms with E-state index in [4.69, 9.17) is 23.2 Å². The van der Waals surface area contributed by atoms with Gasteiger partial charge in [-0.15, -0.1) is 0 Å². The van der Waals surface area contributed by atoms with Crippen molar-refractivity contribution >= 4 is 33.7 Å². The molecular weight excluding hydrogens is 235 g/mol. The summed E-state index contributed by atoms with van der Waals surface area (Å²) in [7, 11) is 0. The van der Waals surface area contributed by atoms with Gasteiger partial charge in [-0.25, -0.2) is 0 Å². The fraction of sp³-hybridized carbons (Fsp3) is 0.273. The molecule has 0 aliphatic rings. The zero-order valence-corrected chi connectivity index (χ0v) is 9.73. The van der Waals surface area contributed by atoms with E-state index in [0.29, 0.717) is 0 Å². The lowest BCUT2D eigenvalue weighted by atomic mass is 10.0. The predicted octanol–water partition coefficient (Wildman–Crippen LogP) is 3.40. The van der Waals surface area contributed by atoms with E-state index < -0.39 is 10.5 Å². The predicted molar refractivity (Wildman–Crippen MR) is 60.8 cm³/mol. The molecule has 0 saturated heterocycles. The zero-order valence-electron chi connectivity index (χ0n) is 8.22. The molecule has 1 rings (SSSR count). The standard InChI is InChI=1S/C11H10Cl2O2/c1-2-3-7-4-5-8(10(12)14)9(6-7)11(13)15/h4-6H,2-3H2,1H3. The van der Waals surface area contributed by atoms with Crippen LogP contribution in [0.25, 0.3) is 0 Å². The van der Waals surface area contributed by atoms with Crippen LogP contribution in [0.2, 0.25) is 0 Å². The molecule has 0 spiro atoms. The molecule has 0 aromatic heterocycles. The Morgan fingerprint density at radius 2 is 1.73 bits per heavy atom. The molecule has 0 N–H and O–H groups in total. The van der Waals surface area contributed by atoms with Crippen molar-refractivity contribution in [1.82, 2.24) is 0 Å². The molecule has 2 nitrogen and oxygen atoms in total. The van der Waals surface area contributed by atoms with Gasteiger partial charge in [0.2, 0.25) is 0 Å². The SMILES string of the molecule is CCCc1ccc(C(=O)Cl)c(C(=O)Cl)c1. The van der Waals surface area contributed by atoms with E-state index in [1.165, 1.54) is 6.07 Å². The molecule has 15 heavy (non-hydrogen) atoms. The maximum Gasteiger partial charge on any atom is 0.253 e. The summed E-state index contributed by atoms with van der Waals surface area (Å²) in [5, 5.41) is -1.32. The molecule has 0 aliphatic carbocycles. The first-order valence-electron chi connectivity index (χ1n) is 4.58. The van der Waals surface area contributed by atoms with E-state index in [9.17, 15) is 9.59 Å². The second kappa shape index (κ2) is 5.29. The normalized spacial score (nSPS) is 10.1. The van der Waals surface area contributed by atoms with Crippen molar-refractivity contribution < 1.29 is 9.59 Å². The minimum Gasteiger partial charge on any atom is -0.276 e. The molecule has 0 fully saturated rings. The Morgan fingerprint density at radius 3 is 2.20 bits per heavy atom. The van der Waals surface area contributed by atoms with Crippen molar-refractivity contribution in [2.45, 2.75) is 19.8 Å². The van der Waals surface area contributed by atoms with Crippen LogP contribution in [-0.4, -0.2) is 10.5 Å². The van der Waals surface area contributed by atoms with E-state index >= 15 is 0 Å². The number of hydrogen-bond donors (Lipinski definition) is 0. The largest absolute Gasteiger partial charge is 0.276 e. The molecule has 0 heterocycles. The highest BCUT2D eigenvalue weighted by molar-refractivity contribution is 6.71. The van der Waals surface area contributed by atoms with Crippen LogP contribution in [0, 0.1) is 0 Å². The van der Waals surface area contributed by atoms with Crippen LogP contribution in [0.1, 0.15) is 39.6 Å². The Balaban J connectivity index is 3.21. The lowest BCUT2D eigenvalue weighted by Crippen LogP contribution is -2.02. The molecule has 1 aromatic rings. The van der Waals surface area contributed by atoms with Crippen LogP contribution in [-0.2, 0) is 6.42 Å². The van der Waals surface area contributed by atoms with Crippen LogP contribution in [0.15, 0.2) is 18.2 Å². The van der Waals surface area contributed by atoms with E-state index in [2.05, 4.69) is 0 Å². The summed E-state index contributed by atoms with van der Waals surface area (Å²) in [6.07, 6.45) is 1.80. The molecule has 0 unspecified atom stereocenters. The Bertz CT molecular complexity index is 400. The average molecular weight is 245 g/mol. The van der Waals surface area contributed by atoms with Crippen LogP contribution in [0.4, 0.5) is 0 Å². The lowest BCUT2D eigenvalue weighted by molar-refractivity contribution is 0.105. The molecule has 4 heteroatoms. The second-order valence-electron chi connectivity index (χ2n) is 3.18. The quantitative estimate of drug-likeness (QED) is 0.762. The molecule has 0 atom stereocenters. The average Bonchev–Trinajstić information content (AvgIpc) is 2.17. The molecule has 0 saturated carbocycles. The highest BCUT2D eigenvalue weighted by atomic mass is 35.5. The third-order valence-corrected chi connectivity index (χ3v) is 2.45.